The number of carbonyl (C=O) groups is 1. The lowest BCUT2D eigenvalue weighted by Gasteiger charge is -2.09. The van der Waals surface area contributed by atoms with Gasteiger partial charge in [0.2, 0.25) is 5.89 Å². The lowest BCUT2D eigenvalue weighted by molar-refractivity contribution is 0.0487. The molecule has 8 heteroatoms. The van der Waals surface area contributed by atoms with Crippen molar-refractivity contribution in [1.29, 1.82) is 0 Å². The van der Waals surface area contributed by atoms with Gasteiger partial charge in [-0.25, -0.2) is 4.98 Å². The van der Waals surface area contributed by atoms with Crippen molar-refractivity contribution in [3.63, 3.8) is 0 Å². The van der Waals surface area contributed by atoms with Crippen LogP contribution in [0, 0.1) is 0 Å². The topological polar surface area (TPSA) is 101 Å². The van der Waals surface area contributed by atoms with Gasteiger partial charge in [-0.15, -0.1) is 21.5 Å². The van der Waals surface area contributed by atoms with Crippen molar-refractivity contribution in [1.82, 2.24) is 20.5 Å². The van der Waals surface area contributed by atoms with Crippen LogP contribution in [0.25, 0.3) is 10.9 Å². The monoisotopic (exact) mass is 310 g/mol. The molecule has 0 saturated carbocycles. The quantitative estimate of drug-likeness (QED) is 0.872. The van der Waals surface area contributed by atoms with E-state index in [1.807, 2.05) is 13.8 Å². The second-order valence-electron chi connectivity index (χ2n) is 4.98. The molecule has 0 fully saturated rings. The van der Waals surface area contributed by atoms with Crippen LogP contribution >= 0.6 is 11.3 Å². The summed E-state index contributed by atoms with van der Waals surface area (Å²) in [5.74, 6) is 0.117. The maximum absolute atomic E-state index is 12.0. The number of rotatable bonds is 5. The molecule has 7 nitrogen and oxygen atoms in total. The number of nitrogens with zero attached hydrogens (tertiary/aromatic N) is 3. The average molecular weight is 310 g/mol. The Hall–Kier alpha value is -1.80. The SMILES string of the molecule is CCNC(=O)c1nc(-c2nnc(C(C)(C)O)o2)sc1CC. The van der Waals surface area contributed by atoms with Gasteiger partial charge in [0, 0.05) is 11.4 Å². The van der Waals surface area contributed by atoms with Gasteiger partial charge in [0.05, 0.1) is 0 Å². The van der Waals surface area contributed by atoms with Gasteiger partial charge >= 0.3 is 0 Å². The Morgan fingerprint density at radius 3 is 2.62 bits per heavy atom. The molecule has 0 spiro atoms. The van der Waals surface area contributed by atoms with E-state index < -0.39 is 5.60 Å². The minimum atomic E-state index is -1.21. The van der Waals surface area contributed by atoms with Crippen LogP contribution in [0.15, 0.2) is 4.42 Å². The smallest absolute Gasteiger partial charge is 0.276 e. The van der Waals surface area contributed by atoms with E-state index in [-0.39, 0.29) is 17.7 Å². The molecule has 2 rings (SSSR count). The molecule has 21 heavy (non-hydrogen) atoms. The fraction of sp³-hybridized carbons (Fsp3) is 0.538. The summed E-state index contributed by atoms with van der Waals surface area (Å²) >= 11 is 1.34. The molecule has 0 unspecified atom stereocenters. The van der Waals surface area contributed by atoms with Crippen molar-refractivity contribution in [2.45, 2.75) is 39.7 Å². The molecule has 2 aromatic rings. The van der Waals surface area contributed by atoms with Gasteiger partial charge in [-0.05, 0) is 27.2 Å². The number of thiazole rings is 1. The van der Waals surface area contributed by atoms with Crippen molar-refractivity contribution >= 4 is 17.2 Å². The van der Waals surface area contributed by atoms with E-state index in [2.05, 4.69) is 20.5 Å². The summed E-state index contributed by atoms with van der Waals surface area (Å²) in [5, 5.41) is 20.7. The van der Waals surface area contributed by atoms with Crippen LogP contribution in [0.5, 0.6) is 0 Å². The molecule has 114 valence electrons. The van der Waals surface area contributed by atoms with Crippen molar-refractivity contribution in [2.75, 3.05) is 6.54 Å². The summed E-state index contributed by atoms with van der Waals surface area (Å²) in [5.41, 5.74) is -0.819. The Labute approximate surface area is 126 Å². The molecule has 2 aromatic heterocycles. The highest BCUT2D eigenvalue weighted by molar-refractivity contribution is 7.15. The van der Waals surface area contributed by atoms with E-state index in [0.29, 0.717) is 23.7 Å². The third-order valence-electron chi connectivity index (χ3n) is 2.70. The Morgan fingerprint density at radius 1 is 1.38 bits per heavy atom. The molecule has 2 N–H and O–H groups in total. The van der Waals surface area contributed by atoms with Crippen LogP contribution in [-0.2, 0) is 12.0 Å². The van der Waals surface area contributed by atoms with Crippen molar-refractivity contribution < 1.29 is 14.3 Å². The van der Waals surface area contributed by atoms with Gasteiger partial charge in [0.1, 0.15) is 11.3 Å². The molecular formula is C13H18N4O3S. The Balaban J connectivity index is 2.37. The number of aryl methyl sites for hydroxylation is 1. The van der Waals surface area contributed by atoms with E-state index in [1.54, 1.807) is 13.8 Å². The molecular weight excluding hydrogens is 292 g/mol. The van der Waals surface area contributed by atoms with Gasteiger partial charge in [0.25, 0.3) is 11.8 Å². The van der Waals surface area contributed by atoms with Gasteiger partial charge in [-0.1, -0.05) is 6.92 Å². The fourth-order valence-corrected chi connectivity index (χ4v) is 2.58. The standard InChI is InChI=1S/C13H18N4O3S/c1-5-7-8(9(18)14-6-2)15-11(21-7)10-16-17-12(20-10)13(3,4)19/h19H,5-6H2,1-4H3,(H,14,18). The number of nitrogens with one attached hydrogen (secondary N) is 1. The van der Waals surface area contributed by atoms with Crippen LogP contribution in [0.4, 0.5) is 0 Å². The molecule has 0 aliphatic carbocycles. The maximum Gasteiger partial charge on any atom is 0.276 e. The van der Waals surface area contributed by atoms with E-state index in [0.717, 1.165) is 4.88 Å². The van der Waals surface area contributed by atoms with Gasteiger partial charge in [0.15, 0.2) is 5.01 Å². The van der Waals surface area contributed by atoms with Crippen molar-refractivity contribution in [3.05, 3.63) is 16.5 Å². The zero-order valence-corrected chi connectivity index (χ0v) is 13.2. The Kier molecular flexibility index (Phi) is 4.38. The number of aromatic nitrogens is 3. The molecule has 0 aliphatic rings. The molecule has 2 heterocycles. The molecule has 0 aromatic carbocycles. The van der Waals surface area contributed by atoms with E-state index in [9.17, 15) is 9.90 Å². The minimum absolute atomic E-state index is 0.116. The summed E-state index contributed by atoms with van der Waals surface area (Å²) < 4.78 is 5.43. The molecule has 0 radical (unpaired) electrons. The zero-order valence-electron chi connectivity index (χ0n) is 12.4. The zero-order chi connectivity index (χ0) is 15.6. The minimum Gasteiger partial charge on any atom is -0.415 e. The predicted octanol–water partition coefficient (Wildman–Crippen LogP) is 1.73. The van der Waals surface area contributed by atoms with Crippen LogP contribution in [-0.4, -0.2) is 32.7 Å². The summed E-state index contributed by atoms with van der Waals surface area (Å²) in [7, 11) is 0. The van der Waals surface area contributed by atoms with E-state index >= 15 is 0 Å². The highest BCUT2D eigenvalue weighted by atomic mass is 32.1. The molecule has 1 amide bonds. The highest BCUT2D eigenvalue weighted by Gasteiger charge is 2.26. The van der Waals surface area contributed by atoms with Gasteiger partial charge in [-0.3, -0.25) is 4.79 Å². The van der Waals surface area contributed by atoms with Crippen molar-refractivity contribution in [3.8, 4) is 10.9 Å². The second kappa shape index (κ2) is 5.90. The number of amides is 1. The summed E-state index contributed by atoms with van der Waals surface area (Å²) in [6, 6.07) is 0. The average Bonchev–Trinajstić information content (AvgIpc) is 3.04. The van der Waals surface area contributed by atoms with Crippen LogP contribution in [0.2, 0.25) is 0 Å². The summed E-state index contributed by atoms with van der Waals surface area (Å²) in [6.45, 7) is 7.46. The fourth-order valence-electron chi connectivity index (χ4n) is 1.66. The first-order chi connectivity index (χ1) is 9.86. The third-order valence-corrected chi connectivity index (χ3v) is 3.89. The largest absolute Gasteiger partial charge is 0.415 e. The third kappa shape index (κ3) is 3.27. The number of carbonyl (C=O) groups excluding carboxylic acids is 1. The van der Waals surface area contributed by atoms with Crippen LogP contribution in [0.1, 0.15) is 49.0 Å². The second-order valence-corrected chi connectivity index (χ2v) is 6.06. The summed E-state index contributed by atoms with van der Waals surface area (Å²) in [6.07, 6.45) is 0.691. The molecule has 0 saturated heterocycles. The molecule has 0 atom stereocenters. The first-order valence-electron chi connectivity index (χ1n) is 6.71. The van der Waals surface area contributed by atoms with Gasteiger partial charge in [-0.2, -0.15) is 0 Å². The van der Waals surface area contributed by atoms with Crippen molar-refractivity contribution in [2.24, 2.45) is 0 Å². The molecule has 0 bridgehead atoms. The Morgan fingerprint density at radius 2 is 2.10 bits per heavy atom. The van der Waals surface area contributed by atoms with E-state index in [4.69, 9.17) is 4.42 Å². The highest BCUT2D eigenvalue weighted by Crippen LogP contribution is 2.29. The Bertz CT molecular complexity index is 642. The summed E-state index contributed by atoms with van der Waals surface area (Å²) in [4.78, 5) is 17.1. The van der Waals surface area contributed by atoms with Crippen LogP contribution in [0.3, 0.4) is 0 Å². The van der Waals surface area contributed by atoms with Gasteiger partial charge < -0.3 is 14.8 Å². The normalized spacial score (nSPS) is 11.7. The van der Waals surface area contributed by atoms with E-state index in [1.165, 1.54) is 11.3 Å². The van der Waals surface area contributed by atoms with Crippen LogP contribution < -0.4 is 5.32 Å². The maximum atomic E-state index is 12.0. The first kappa shape index (κ1) is 15.6. The number of hydrogen-bond acceptors (Lipinski definition) is 7. The lowest BCUT2D eigenvalue weighted by Crippen LogP contribution is -2.23. The lowest BCUT2D eigenvalue weighted by atomic mass is 10.1. The first-order valence-corrected chi connectivity index (χ1v) is 7.53. The molecule has 0 aliphatic heterocycles. The predicted molar refractivity (Wildman–Crippen MR) is 78.0 cm³/mol. The number of hydrogen-bond donors (Lipinski definition) is 2. The number of aliphatic hydroxyl groups is 1.